The van der Waals surface area contributed by atoms with Gasteiger partial charge in [0.1, 0.15) is 5.69 Å². The van der Waals surface area contributed by atoms with E-state index in [2.05, 4.69) is 10.3 Å². The Morgan fingerprint density at radius 1 is 1.53 bits per heavy atom. The molecule has 0 N–H and O–H groups in total. The standard InChI is InChI=1S/C12H13ClN4O2/c1-3-9-4-5-10(6-12(9)17(18)19)16-7-11(8(2)13)14-15-16/h4-8H,3H2,1-2H3. The molecule has 19 heavy (non-hydrogen) atoms. The maximum absolute atomic E-state index is 11.0. The van der Waals surface area contributed by atoms with Crippen molar-refractivity contribution in [2.45, 2.75) is 25.6 Å². The fourth-order valence-corrected chi connectivity index (χ4v) is 1.85. The van der Waals surface area contributed by atoms with Gasteiger partial charge in [-0.05, 0) is 19.4 Å². The van der Waals surface area contributed by atoms with E-state index in [-0.39, 0.29) is 16.0 Å². The Kier molecular flexibility index (Phi) is 3.80. The largest absolute Gasteiger partial charge is 0.274 e. The first-order valence-corrected chi connectivity index (χ1v) is 6.30. The highest BCUT2D eigenvalue weighted by atomic mass is 35.5. The predicted molar refractivity (Wildman–Crippen MR) is 71.7 cm³/mol. The minimum Gasteiger partial charge on any atom is -0.258 e. The van der Waals surface area contributed by atoms with Gasteiger partial charge in [0.15, 0.2) is 0 Å². The SMILES string of the molecule is CCc1ccc(-n2cc(C(C)Cl)nn2)cc1[N+](=O)[O-]. The van der Waals surface area contributed by atoms with Gasteiger partial charge in [-0.25, -0.2) is 4.68 Å². The molecule has 0 aliphatic rings. The van der Waals surface area contributed by atoms with Crippen molar-refractivity contribution in [2.24, 2.45) is 0 Å². The van der Waals surface area contributed by atoms with Gasteiger partial charge in [-0.3, -0.25) is 10.1 Å². The molecule has 0 spiro atoms. The minimum atomic E-state index is -0.385. The lowest BCUT2D eigenvalue weighted by atomic mass is 10.1. The van der Waals surface area contributed by atoms with Crippen molar-refractivity contribution in [3.63, 3.8) is 0 Å². The Morgan fingerprint density at radius 2 is 2.26 bits per heavy atom. The molecule has 0 aliphatic carbocycles. The monoisotopic (exact) mass is 280 g/mol. The summed E-state index contributed by atoms with van der Waals surface area (Å²) >= 11 is 5.91. The molecule has 0 saturated carbocycles. The molecule has 0 aliphatic heterocycles. The Morgan fingerprint density at radius 3 is 2.79 bits per heavy atom. The van der Waals surface area contributed by atoms with E-state index in [1.54, 1.807) is 25.3 Å². The van der Waals surface area contributed by atoms with Crippen molar-refractivity contribution >= 4 is 17.3 Å². The molecule has 2 rings (SSSR count). The van der Waals surface area contributed by atoms with E-state index < -0.39 is 0 Å². The maximum atomic E-state index is 11.0. The summed E-state index contributed by atoms with van der Waals surface area (Å²) in [6.07, 6.45) is 2.28. The summed E-state index contributed by atoms with van der Waals surface area (Å²) in [5.74, 6) is 0. The first-order valence-electron chi connectivity index (χ1n) is 5.87. The Balaban J connectivity index is 2.44. The predicted octanol–water partition coefficient (Wildman–Crippen LogP) is 3.04. The van der Waals surface area contributed by atoms with Gasteiger partial charge in [-0.2, -0.15) is 0 Å². The summed E-state index contributed by atoms with van der Waals surface area (Å²) in [5, 5.41) is 18.6. The number of aromatic nitrogens is 3. The number of hydrogen-bond donors (Lipinski definition) is 0. The number of benzene rings is 1. The molecule has 1 aromatic carbocycles. The number of rotatable bonds is 4. The Bertz CT molecular complexity index is 610. The Labute approximate surface area is 115 Å². The molecule has 1 heterocycles. The van der Waals surface area contributed by atoms with Crippen molar-refractivity contribution in [1.82, 2.24) is 15.0 Å². The zero-order chi connectivity index (χ0) is 14.0. The molecular weight excluding hydrogens is 268 g/mol. The summed E-state index contributed by atoms with van der Waals surface area (Å²) in [6, 6.07) is 5.01. The molecule has 7 heteroatoms. The topological polar surface area (TPSA) is 73.8 Å². The van der Waals surface area contributed by atoms with Crippen LogP contribution in [0, 0.1) is 10.1 Å². The highest BCUT2D eigenvalue weighted by Crippen LogP contribution is 2.23. The van der Waals surface area contributed by atoms with Gasteiger partial charge in [0.2, 0.25) is 0 Å². The number of aryl methyl sites for hydroxylation is 1. The highest BCUT2D eigenvalue weighted by molar-refractivity contribution is 6.20. The molecule has 1 aromatic heterocycles. The summed E-state index contributed by atoms with van der Waals surface area (Å²) < 4.78 is 1.49. The van der Waals surface area contributed by atoms with E-state index in [1.165, 1.54) is 10.7 Å². The Hall–Kier alpha value is -1.95. The molecule has 1 atom stereocenters. The van der Waals surface area contributed by atoms with Gasteiger partial charge in [0.05, 0.1) is 22.2 Å². The van der Waals surface area contributed by atoms with Gasteiger partial charge in [-0.15, -0.1) is 16.7 Å². The van der Waals surface area contributed by atoms with Crippen molar-refractivity contribution in [3.05, 3.63) is 45.8 Å². The van der Waals surface area contributed by atoms with E-state index in [4.69, 9.17) is 11.6 Å². The van der Waals surface area contributed by atoms with Gasteiger partial charge in [0, 0.05) is 11.6 Å². The third-order valence-electron chi connectivity index (χ3n) is 2.83. The molecule has 100 valence electrons. The van der Waals surface area contributed by atoms with Crippen LogP contribution in [0.15, 0.2) is 24.4 Å². The quantitative estimate of drug-likeness (QED) is 0.490. The number of alkyl halides is 1. The third kappa shape index (κ3) is 2.73. The number of nitro groups is 1. The average molecular weight is 281 g/mol. The maximum Gasteiger partial charge on any atom is 0.274 e. The zero-order valence-electron chi connectivity index (χ0n) is 10.6. The van der Waals surface area contributed by atoms with Crippen LogP contribution in [-0.2, 0) is 6.42 Å². The fraction of sp³-hybridized carbons (Fsp3) is 0.333. The van der Waals surface area contributed by atoms with Crippen molar-refractivity contribution < 1.29 is 4.92 Å². The molecule has 0 fully saturated rings. The molecule has 2 aromatic rings. The summed E-state index contributed by atoms with van der Waals surface area (Å²) in [4.78, 5) is 10.6. The molecular formula is C12H13ClN4O2. The first-order chi connectivity index (χ1) is 9.02. The molecule has 0 radical (unpaired) electrons. The molecule has 6 nitrogen and oxygen atoms in total. The van der Waals surface area contributed by atoms with E-state index in [0.29, 0.717) is 23.4 Å². The van der Waals surface area contributed by atoms with E-state index >= 15 is 0 Å². The van der Waals surface area contributed by atoms with Crippen LogP contribution in [0.25, 0.3) is 5.69 Å². The fourth-order valence-electron chi connectivity index (χ4n) is 1.75. The van der Waals surface area contributed by atoms with Crippen molar-refractivity contribution in [3.8, 4) is 5.69 Å². The lowest BCUT2D eigenvalue weighted by Crippen LogP contribution is -1.99. The van der Waals surface area contributed by atoms with E-state index in [1.807, 2.05) is 6.92 Å². The number of halogens is 1. The number of nitrogens with zero attached hydrogens (tertiary/aromatic N) is 4. The van der Waals surface area contributed by atoms with Crippen LogP contribution in [0.4, 0.5) is 5.69 Å². The van der Waals surface area contributed by atoms with E-state index in [0.717, 1.165) is 0 Å². The average Bonchev–Trinajstić information content (AvgIpc) is 2.87. The molecule has 0 saturated heterocycles. The molecule has 0 bridgehead atoms. The number of hydrogen-bond acceptors (Lipinski definition) is 4. The van der Waals surface area contributed by atoms with Crippen LogP contribution in [0.5, 0.6) is 0 Å². The summed E-state index contributed by atoms with van der Waals surface area (Å²) in [6.45, 7) is 3.67. The second kappa shape index (κ2) is 5.36. The summed E-state index contributed by atoms with van der Waals surface area (Å²) in [5.41, 5.74) is 2.01. The summed E-state index contributed by atoms with van der Waals surface area (Å²) in [7, 11) is 0. The van der Waals surface area contributed by atoms with Crippen LogP contribution in [0.3, 0.4) is 0 Å². The van der Waals surface area contributed by atoms with Crippen molar-refractivity contribution in [1.29, 1.82) is 0 Å². The highest BCUT2D eigenvalue weighted by Gasteiger charge is 2.15. The van der Waals surface area contributed by atoms with E-state index in [9.17, 15) is 10.1 Å². The third-order valence-corrected chi connectivity index (χ3v) is 3.05. The lowest BCUT2D eigenvalue weighted by molar-refractivity contribution is -0.385. The van der Waals surface area contributed by atoms with Crippen molar-refractivity contribution in [2.75, 3.05) is 0 Å². The molecule has 0 amide bonds. The van der Waals surface area contributed by atoms with Crippen LogP contribution in [0.1, 0.15) is 30.5 Å². The lowest BCUT2D eigenvalue weighted by Gasteiger charge is -2.03. The van der Waals surface area contributed by atoms with Gasteiger partial charge in [0.25, 0.3) is 5.69 Å². The van der Waals surface area contributed by atoms with Crippen LogP contribution in [0.2, 0.25) is 0 Å². The smallest absolute Gasteiger partial charge is 0.258 e. The normalized spacial score (nSPS) is 12.4. The van der Waals surface area contributed by atoms with Gasteiger partial charge < -0.3 is 0 Å². The zero-order valence-corrected chi connectivity index (χ0v) is 11.3. The second-order valence-electron chi connectivity index (χ2n) is 4.13. The van der Waals surface area contributed by atoms with Crippen LogP contribution >= 0.6 is 11.6 Å². The van der Waals surface area contributed by atoms with Gasteiger partial charge in [-0.1, -0.05) is 18.2 Å². The molecule has 1 unspecified atom stereocenters. The number of nitro benzene ring substituents is 1. The van der Waals surface area contributed by atoms with Gasteiger partial charge >= 0.3 is 0 Å². The minimum absolute atomic E-state index is 0.0935. The van der Waals surface area contributed by atoms with Crippen LogP contribution < -0.4 is 0 Å². The first kappa shape index (κ1) is 13.5. The second-order valence-corrected chi connectivity index (χ2v) is 4.78. The van der Waals surface area contributed by atoms with Crippen LogP contribution in [-0.4, -0.2) is 19.9 Å².